The van der Waals surface area contributed by atoms with E-state index in [1.165, 1.54) is 0 Å². The highest BCUT2D eigenvalue weighted by Crippen LogP contribution is 2.10. The van der Waals surface area contributed by atoms with E-state index in [2.05, 4.69) is 5.32 Å². The van der Waals surface area contributed by atoms with Gasteiger partial charge in [0, 0.05) is 19.5 Å². The minimum absolute atomic E-state index is 0.0167. The summed E-state index contributed by atoms with van der Waals surface area (Å²) in [5, 5.41) is 2.73. The summed E-state index contributed by atoms with van der Waals surface area (Å²) in [6, 6.07) is -0.482. The van der Waals surface area contributed by atoms with E-state index in [-0.39, 0.29) is 18.4 Å². The maximum atomic E-state index is 12.0. The molecule has 0 saturated carbocycles. The Balaban J connectivity index is 2.52. The van der Waals surface area contributed by atoms with Gasteiger partial charge in [0.05, 0.1) is 13.2 Å². The number of unbranched alkanes of at least 4 members (excludes halogenated alkanes) is 1. The van der Waals surface area contributed by atoms with E-state index in [0.29, 0.717) is 32.7 Å². The molecule has 1 aliphatic rings. The third kappa shape index (κ3) is 4.27. The van der Waals surface area contributed by atoms with Crippen LogP contribution in [0, 0.1) is 0 Å². The van der Waals surface area contributed by atoms with Crippen LogP contribution in [-0.4, -0.2) is 55.6 Å². The van der Waals surface area contributed by atoms with Gasteiger partial charge in [0.2, 0.25) is 11.8 Å². The number of carbonyl (C=O) groups is 2. The maximum Gasteiger partial charge on any atom is 0.245 e. The van der Waals surface area contributed by atoms with Gasteiger partial charge in [-0.2, -0.15) is 0 Å². The Bertz CT molecular complexity index is 284. The lowest BCUT2D eigenvalue weighted by molar-refractivity contribution is -0.148. The Morgan fingerprint density at radius 2 is 2.22 bits per heavy atom. The monoisotopic (exact) mass is 257 g/mol. The molecule has 0 radical (unpaired) electrons. The highest BCUT2D eigenvalue weighted by Gasteiger charge is 2.31. The van der Waals surface area contributed by atoms with E-state index in [4.69, 9.17) is 10.5 Å². The van der Waals surface area contributed by atoms with Gasteiger partial charge in [0.25, 0.3) is 0 Å². The number of nitrogens with one attached hydrogen (secondary N) is 1. The number of nitrogens with zero attached hydrogens (tertiary/aromatic N) is 1. The fourth-order valence-electron chi connectivity index (χ4n) is 1.98. The van der Waals surface area contributed by atoms with Gasteiger partial charge in [-0.05, 0) is 26.3 Å². The molecule has 6 nitrogen and oxygen atoms in total. The van der Waals surface area contributed by atoms with Gasteiger partial charge < -0.3 is 20.7 Å². The van der Waals surface area contributed by atoms with Gasteiger partial charge in [0.15, 0.2) is 0 Å². The summed E-state index contributed by atoms with van der Waals surface area (Å²) in [5.74, 6) is -0.118. The van der Waals surface area contributed by atoms with Crippen molar-refractivity contribution in [1.82, 2.24) is 10.2 Å². The van der Waals surface area contributed by atoms with Gasteiger partial charge >= 0.3 is 0 Å². The Morgan fingerprint density at radius 3 is 2.89 bits per heavy atom. The average molecular weight is 257 g/mol. The quantitative estimate of drug-likeness (QED) is 0.627. The lowest BCUT2D eigenvalue weighted by Crippen LogP contribution is -2.55. The third-order valence-electron chi connectivity index (χ3n) is 2.95. The normalized spacial score (nSPS) is 19.7. The molecule has 3 N–H and O–H groups in total. The molecule has 1 unspecified atom stereocenters. The number of carbonyl (C=O) groups excluding carboxylic acids is 2. The van der Waals surface area contributed by atoms with Crippen molar-refractivity contribution in [2.24, 2.45) is 5.73 Å². The van der Waals surface area contributed by atoms with E-state index in [1.54, 1.807) is 4.90 Å². The summed E-state index contributed by atoms with van der Waals surface area (Å²) >= 11 is 0. The van der Waals surface area contributed by atoms with Crippen LogP contribution in [0.15, 0.2) is 0 Å². The minimum atomic E-state index is -0.482. The molecule has 1 fully saturated rings. The van der Waals surface area contributed by atoms with Crippen LogP contribution < -0.4 is 11.1 Å². The maximum absolute atomic E-state index is 12.0. The van der Waals surface area contributed by atoms with Crippen LogP contribution in [0.25, 0.3) is 0 Å². The molecule has 0 spiro atoms. The molecule has 6 heteroatoms. The molecule has 18 heavy (non-hydrogen) atoms. The fraction of sp³-hybridized carbons (Fsp3) is 0.833. The van der Waals surface area contributed by atoms with Crippen molar-refractivity contribution in [3.63, 3.8) is 0 Å². The van der Waals surface area contributed by atoms with Crippen LogP contribution in [0.4, 0.5) is 0 Å². The molecule has 0 bridgehead atoms. The van der Waals surface area contributed by atoms with Crippen LogP contribution in [0.3, 0.4) is 0 Å². The highest BCUT2D eigenvalue weighted by molar-refractivity contribution is 5.88. The average Bonchev–Trinajstić information content (AvgIpc) is 2.39. The van der Waals surface area contributed by atoms with Gasteiger partial charge in [-0.1, -0.05) is 0 Å². The van der Waals surface area contributed by atoms with Crippen molar-refractivity contribution in [3.8, 4) is 0 Å². The van der Waals surface area contributed by atoms with Crippen molar-refractivity contribution < 1.29 is 14.3 Å². The minimum Gasteiger partial charge on any atom is -0.377 e. The van der Waals surface area contributed by atoms with Crippen LogP contribution in [0.2, 0.25) is 0 Å². The Morgan fingerprint density at radius 1 is 1.44 bits per heavy atom. The van der Waals surface area contributed by atoms with E-state index in [9.17, 15) is 9.59 Å². The van der Waals surface area contributed by atoms with Crippen molar-refractivity contribution in [3.05, 3.63) is 0 Å². The number of ether oxygens (including phenoxy) is 1. The molecule has 1 saturated heterocycles. The van der Waals surface area contributed by atoms with Gasteiger partial charge in [-0.15, -0.1) is 0 Å². The number of hydrogen-bond donors (Lipinski definition) is 2. The number of rotatable bonds is 6. The van der Waals surface area contributed by atoms with Crippen LogP contribution in [0.5, 0.6) is 0 Å². The van der Waals surface area contributed by atoms with Gasteiger partial charge in [-0.3, -0.25) is 9.59 Å². The predicted molar refractivity (Wildman–Crippen MR) is 67.9 cm³/mol. The number of amides is 2. The van der Waals surface area contributed by atoms with Crippen molar-refractivity contribution in [2.45, 2.75) is 32.2 Å². The first-order valence-electron chi connectivity index (χ1n) is 6.55. The fourth-order valence-corrected chi connectivity index (χ4v) is 1.98. The van der Waals surface area contributed by atoms with E-state index >= 15 is 0 Å². The second-order valence-corrected chi connectivity index (χ2v) is 4.32. The molecule has 2 amide bonds. The highest BCUT2D eigenvalue weighted by atomic mass is 16.5. The molecular formula is C12H23N3O3. The van der Waals surface area contributed by atoms with E-state index in [0.717, 1.165) is 12.8 Å². The zero-order valence-corrected chi connectivity index (χ0v) is 11.0. The molecule has 0 aromatic heterocycles. The molecule has 0 aromatic rings. The van der Waals surface area contributed by atoms with Gasteiger partial charge in [-0.25, -0.2) is 0 Å². The largest absolute Gasteiger partial charge is 0.377 e. The summed E-state index contributed by atoms with van der Waals surface area (Å²) in [5.41, 5.74) is 5.40. The zero-order valence-electron chi connectivity index (χ0n) is 11.0. The summed E-state index contributed by atoms with van der Waals surface area (Å²) in [6.45, 7) is 4.28. The van der Waals surface area contributed by atoms with Crippen LogP contribution >= 0.6 is 0 Å². The number of hydrogen-bond acceptors (Lipinski definition) is 4. The smallest absolute Gasteiger partial charge is 0.245 e. The second-order valence-electron chi connectivity index (χ2n) is 4.32. The Labute approximate surface area is 108 Å². The predicted octanol–water partition coefficient (Wildman–Crippen LogP) is -0.521. The molecule has 1 aliphatic heterocycles. The molecule has 0 aliphatic carbocycles. The Hall–Kier alpha value is -1.14. The van der Waals surface area contributed by atoms with Crippen molar-refractivity contribution in [1.29, 1.82) is 0 Å². The summed E-state index contributed by atoms with van der Waals surface area (Å²) in [7, 11) is 0. The van der Waals surface area contributed by atoms with Crippen molar-refractivity contribution in [2.75, 3.05) is 32.8 Å². The van der Waals surface area contributed by atoms with E-state index < -0.39 is 6.04 Å². The standard InChI is InChI=1S/C12H23N3O3/c1-2-14-12(17)10-9-18-8-7-15(10)11(16)5-3-4-6-13/h10H,2-9,13H2,1H3,(H,14,17). The SMILES string of the molecule is CCNC(=O)C1COCCN1C(=O)CCCCN. The number of likely N-dealkylation sites (N-methyl/N-ethyl adjacent to an activating group) is 1. The second kappa shape index (κ2) is 8.05. The van der Waals surface area contributed by atoms with Crippen LogP contribution in [-0.2, 0) is 14.3 Å². The molecular weight excluding hydrogens is 234 g/mol. The molecule has 104 valence electrons. The lowest BCUT2D eigenvalue weighted by Gasteiger charge is -2.34. The summed E-state index contributed by atoms with van der Waals surface area (Å²) in [4.78, 5) is 25.5. The first-order chi connectivity index (χ1) is 8.70. The zero-order chi connectivity index (χ0) is 13.4. The van der Waals surface area contributed by atoms with Gasteiger partial charge in [0.1, 0.15) is 6.04 Å². The molecule has 1 heterocycles. The first-order valence-corrected chi connectivity index (χ1v) is 6.55. The number of morpholine rings is 1. The lowest BCUT2D eigenvalue weighted by atomic mass is 10.1. The number of nitrogens with two attached hydrogens (primary N) is 1. The third-order valence-corrected chi connectivity index (χ3v) is 2.95. The molecule has 0 aromatic carbocycles. The van der Waals surface area contributed by atoms with Crippen LogP contribution in [0.1, 0.15) is 26.2 Å². The first kappa shape index (κ1) is 14.9. The summed E-state index contributed by atoms with van der Waals surface area (Å²) in [6.07, 6.45) is 2.06. The summed E-state index contributed by atoms with van der Waals surface area (Å²) < 4.78 is 5.28. The molecule has 1 atom stereocenters. The Kier molecular flexibility index (Phi) is 6.67. The van der Waals surface area contributed by atoms with E-state index in [1.807, 2.05) is 6.92 Å². The van der Waals surface area contributed by atoms with Crippen molar-refractivity contribution >= 4 is 11.8 Å². The molecule has 1 rings (SSSR count). The topological polar surface area (TPSA) is 84.7 Å².